The number of pyridine rings is 1. The van der Waals surface area contributed by atoms with Crippen molar-refractivity contribution in [3.05, 3.63) is 65.3 Å². The number of aliphatic hydroxyl groups excluding tert-OH is 1. The fraction of sp³-hybridized carbons (Fsp3) is 0.345. The maximum absolute atomic E-state index is 13.0. The van der Waals surface area contributed by atoms with E-state index in [0.717, 1.165) is 34.5 Å². The second-order valence-corrected chi connectivity index (χ2v) is 13.0. The number of aromatic nitrogens is 1. The van der Waals surface area contributed by atoms with Crippen molar-refractivity contribution in [3.8, 4) is 28.6 Å². The molecule has 12 heteroatoms. The molecular weight excluding hydrogens is 566 g/mol. The van der Waals surface area contributed by atoms with Gasteiger partial charge in [0, 0.05) is 12.1 Å². The molecule has 5 atom stereocenters. The minimum atomic E-state index is -2.69. The van der Waals surface area contributed by atoms with Gasteiger partial charge in [-0.1, -0.05) is 48.0 Å². The van der Waals surface area contributed by atoms with Crippen LogP contribution in [0.1, 0.15) is 12.1 Å². The fourth-order valence-corrected chi connectivity index (χ4v) is 7.96. The van der Waals surface area contributed by atoms with E-state index in [1.165, 1.54) is 0 Å². The minimum absolute atomic E-state index is 0.244. The van der Waals surface area contributed by atoms with Crippen molar-refractivity contribution in [2.45, 2.75) is 37.3 Å². The highest BCUT2D eigenvalue weighted by atomic mass is 35.5. The quantitative estimate of drug-likeness (QED) is 0.448. The minimum Gasteiger partial charge on any atom is -0.472 e. The van der Waals surface area contributed by atoms with Crippen LogP contribution in [0, 0.1) is 11.5 Å². The predicted octanol–water partition coefficient (Wildman–Crippen LogP) is 4.27. The summed E-state index contributed by atoms with van der Waals surface area (Å²) in [4.78, 5) is 9.40. The molecule has 0 bridgehead atoms. The Hall–Kier alpha value is -3.53. The molecule has 41 heavy (non-hydrogen) atoms. The molecule has 0 spiro atoms. The van der Waals surface area contributed by atoms with E-state index < -0.39 is 16.0 Å². The Morgan fingerprint density at radius 2 is 1.78 bits per heavy atom. The number of anilines is 1. The fourth-order valence-electron chi connectivity index (χ4n) is 5.79. The van der Waals surface area contributed by atoms with Crippen LogP contribution in [0.2, 0.25) is 5.02 Å². The SMILES string of the molecule is N#CN=S1(=O)CCCN1c1ccc(-c2ccc(-c3nc4c(cc3Cl)N=C(O[C@@H]3CO[C@H]5[C@@H]3OC[C@H]5O)C4)cc2)cc1. The van der Waals surface area contributed by atoms with Gasteiger partial charge in [-0.05, 0) is 35.7 Å². The van der Waals surface area contributed by atoms with Gasteiger partial charge in [0.05, 0.1) is 53.2 Å². The van der Waals surface area contributed by atoms with Crippen LogP contribution in [-0.2, 0) is 30.5 Å². The molecular formula is C29H26ClN5O5S. The molecule has 1 unspecified atom stereocenters. The Labute approximate surface area is 242 Å². The van der Waals surface area contributed by atoms with Gasteiger partial charge in [-0.2, -0.15) is 5.26 Å². The molecule has 4 aliphatic heterocycles. The lowest BCUT2D eigenvalue weighted by atomic mass is 10.0. The number of rotatable bonds is 4. The Balaban J connectivity index is 1.05. The average molecular weight is 592 g/mol. The van der Waals surface area contributed by atoms with Crippen molar-refractivity contribution in [2.24, 2.45) is 9.36 Å². The summed E-state index contributed by atoms with van der Waals surface area (Å²) in [7, 11) is -2.69. The molecule has 1 aromatic heterocycles. The number of aliphatic hydroxyl groups is 1. The van der Waals surface area contributed by atoms with Gasteiger partial charge >= 0.3 is 0 Å². The molecule has 0 radical (unpaired) electrons. The van der Waals surface area contributed by atoms with E-state index in [1.807, 2.05) is 48.5 Å². The van der Waals surface area contributed by atoms with Crippen LogP contribution in [0.25, 0.3) is 22.4 Å². The van der Waals surface area contributed by atoms with Crippen LogP contribution in [0.3, 0.4) is 0 Å². The first-order chi connectivity index (χ1) is 19.9. The summed E-state index contributed by atoms with van der Waals surface area (Å²) in [5, 5.41) is 19.4. The molecule has 210 valence electrons. The van der Waals surface area contributed by atoms with E-state index >= 15 is 0 Å². The molecule has 0 saturated carbocycles. The van der Waals surface area contributed by atoms with Crippen molar-refractivity contribution < 1.29 is 23.5 Å². The molecule has 7 rings (SSSR count). The third kappa shape index (κ3) is 4.75. The lowest BCUT2D eigenvalue weighted by Gasteiger charge is -2.20. The first-order valence-corrected chi connectivity index (χ1v) is 15.4. The van der Waals surface area contributed by atoms with Crippen LogP contribution < -0.4 is 4.31 Å². The van der Waals surface area contributed by atoms with E-state index in [9.17, 15) is 9.32 Å². The molecule has 3 fully saturated rings. The predicted molar refractivity (Wildman–Crippen MR) is 154 cm³/mol. The van der Waals surface area contributed by atoms with Gasteiger partial charge in [0.1, 0.15) is 28.2 Å². The van der Waals surface area contributed by atoms with Gasteiger partial charge in [-0.3, -0.25) is 4.31 Å². The third-order valence-corrected chi connectivity index (χ3v) is 10.4. The molecule has 0 aliphatic carbocycles. The number of nitriles is 1. The maximum atomic E-state index is 13.0. The molecule has 5 heterocycles. The van der Waals surface area contributed by atoms with Crippen molar-refractivity contribution >= 4 is 38.8 Å². The molecule has 3 aromatic rings. The average Bonchev–Trinajstić information content (AvgIpc) is 3.74. The smallest absolute Gasteiger partial charge is 0.216 e. The number of aliphatic imine (C=N–C) groups is 1. The Morgan fingerprint density at radius 1 is 1.07 bits per heavy atom. The topological polar surface area (TPSA) is 130 Å². The van der Waals surface area contributed by atoms with Crippen LogP contribution in [0.4, 0.5) is 11.4 Å². The molecule has 3 saturated heterocycles. The van der Waals surface area contributed by atoms with E-state index in [2.05, 4.69) is 9.36 Å². The highest BCUT2D eigenvalue weighted by Crippen LogP contribution is 2.37. The highest BCUT2D eigenvalue weighted by molar-refractivity contribution is 7.95. The summed E-state index contributed by atoms with van der Waals surface area (Å²) in [5.74, 6) is 0.935. The maximum Gasteiger partial charge on any atom is 0.216 e. The Morgan fingerprint density at radius 3 is 2.54 bits per heavy atom. The molecule has 1 N–H and O–H groups in total. The van der Waals surface area contributed by atoms with Crippen molar-refractivity contribution in [2.75, 3.05) is 29.8 Å². The number of fused-ring (bicyclic) bond motifs is 2. The lowest BCUT2D eigenvalue weighted by Crippen LogP contribution is -2.34. The Kier molecular flexibility index (Phi) is 6.68. The first-order valence-electron chi connectivity index (χ1n) is 13.4. The number of ether oxygens (including phenoxy) is 3. The van der Waals surface area contributed by atoms with Gasteiger partial charge in [0.15, 0.2) is 12.0 Å². The second kappa shape index (κ2) is 10.4. The van der Waals surface area contributed by atoms with E-state index in [1.54, 1.807) is 16.6 Å². The van der Waals surface area contributed by atoms with E-state index in [0.29, 0.717) is 47.6 Å². The van der Waals surface area contributed by atoms with Crippen LogP contribution in [-0.4, -0.2) is 70.1 Å². The van der Waals surface area contributed by atoms with Gasteiger partial charge in [0.25, 0.3) is 0 Å². The molecule has 0 amide bonds. The van der Waals surface area contributed by atoms with Crippen LogP contribution >= 0.6 is 11.6 Å². The summed E-state index contributed by atoms with van der Waals surface area (Å²) >= 11 is 6.64. The highest BCUT2D eigenvalue weighted by Gasteiger charge is 2.49. The molecule has 2 aromatic carbocycles. The van der Waals surface area contributed by atoms with E-state index in [4.69, 9.17) is 36.1 Å². The lowest BCUT2D eigenvalue weighted by molar-refractivity contribution is 0.00558. The van der Waals surface area contributed by atoms with Gasteiger partial charge in [-0.25, -0.2) is 14.2 Å². The number of nitrogens with zero attached hydrogens (tertiary/aromatic N) is 5. The first kappa shape index (κ1) is 26.4. The summed E-state index contributed by atoms with van der Waals surface area (Å²) < 4.78 is 35.8. The van der Waals surface area contributed by atoms with Gasteiger partial charge in [0.2, 0.25) is 6.19 Å². The number of hydrogen-bond acceptors (Lipinski definition) is 9. The summed E-state index contributed by atoms with van der Waals surface area (Å²) in [5.41, 5.74) is 5.81. The van der Waals surface area contributed by atoms with Crippen molar-refractivity contribution in [1.82, 2.24) is 4.98 Å². The van der Waals surface area contributed by atoms with Crippen molar-refractivity contribution in [1.29, 1.82) is 5.26 Å². The Bertz CT molecular complexity index is 1700. The number of halogens is 1. The molecule has 10 nitrogen and oxygen atoms in total. The summed E-state index contributed by atoms with van der Waals surface area (Å²) in [6.07, 6.45) is 1.26. The van der Waals surface area contributed by atoms with Gasteiger partial charge < -0.3 is 19.3 Å². The summed E-state index contributed by atoms with van der Waals surface area (Å²) in [6, 6.07) is 17.6. The van der Waals surface area contributed by atoms with Gasteiger partial charge in [-0.15, -0.1) is 4.36 Å². The third-order valence-electron chi connectivity index (χ3n) is 7.81. The monoisotopic (exact) mass is 591 g/mol. The second-order valence-electron chi connectivity index (χ2n) is 10.4. The molecule has 4 aliphatic rings. The van der Waals surface area contributed by atoms with Crippen LogP contribution in [0.5, 0.6) is 0 Å². The standard InChI is InChI=1S/C29H26ClN5O5S/c30-21-12-22-23(13-26(33-22)40-25-15-39-28-24(36)14-38-29(25)28)34-27(21)19-4-2-17(3-5-19)18-6-8-20(9-7-18)35-10-1-11-41(35,37)32-16-31/h2-9,12,24-25,28-29,36H,1,10-11,13-15H2/t24-,25-,28-,29-,41?/m1/s1. The largest absolute Gasteiger partial charge is 0.472 e. The zero-order valence-corrected chi connectivity index (χ0v) is 23.4. The zero-order chi connectivity index (χ0) is 28.1. The van der Waals surface area contributed by atoms with Crippen molar-refractivity contribution in [3.63, 3.8) is 0 Å². The van der Waals surface area contributed by atoms with Crippen LogP contribution in [0.15, 0.2) is 64.0 Å². The van der Waals surface area contributed by atoms with E-state index in [-0.39, 0.29) is 24.9 Å². The number of hydrogen-bond donors (Lipinski definition) is 1. The summed E-state index contributed by atoms with van der Waals surface area (Å²) in [6.45, 7) is 1.19. The normalized spacial score (nSPS) is 28.2. The zero-order valence-electron chi connectivity index (χ0n) is 21.9. The number of benzene rings is 2.